The van der Waals surface area contributed by atoms with E-state index in [1.165, 1.54) is 23.1 Å². The molecule has 17 rings (SSSR count). The Bertz CT molecular complexity index is 6010. The van der Waals surface area contributed by atoms with Crippen LogP contribution in [0.3, 0.4) is 0 Å². The van der Waals surface area contributed by atoms with Gasteiger partial charge in [0.05, 0.1) is 84.6 Å². The van der Waals surface area contributed by atoms with Gasteiger partial charge in [0.2, 0.25) is 0 Å². The third kappa shape index (κ3) is 30.3. The average Bonchev–Trinajstić information content (AvgIpc) is 0.813. The van der Waals surface area contributed by atoms with Crippen molar-refractivity contribution in [2.45, 2.75) is 185 Å². The molecule has 722 valence electrons. The van der Waals surface area contributed by atoms with Gasteiger partial charge in [-0.1, -0.05) is 86.3 Å². The number of nitrogens with two attached hydrogens (primary N) is 1. The fourth-order valence-corrected chi connectivity index (χ4v) is 20.5. The van der Waals surface area contributed by atoms with Crippen LogP contribution < -0.4 is 40.4 Å². The molecular formula is C114H132Br3N19O3. The van der Waals surface area contributed by atoms with E-state index in [1.807, 2.05) is 188 Å². The van der Waals surface area contributed by atoms with E-state index >= 15 is 0 Å². The van der Waals surface area contributed by atoms with Gasteiger partial charge < -0.3 is 45.6 Å². The van der Waals surface area contributed by atoms with Crippen molar-refractivity contribution in [1.82, 2.24) is 35.2 Å². The maximum absolute atomic E-state index is 11.4. The van der Waals surface area contributed by atoms with Crippen LogP contribution in [0.4, 0.5) is 34.3 Å². The molecule has 6 aliphatic heterocycles. The number of hydrogen-bond donors (Lipinski definition) is 3. The van der Waals surface area contributed by atoms with E-state index in [1.54, 1.807) is 13.0 Å². The third-order valence-electron chi connectivity index (χ3n) is 27.5. The van der Waals surface area contributed by atoms with Crippen LogP contribution in [-0.2, 0) is 25.7 Å². The zero-order chi connectivity index (χ0) is 99.6. The first kappa shape index (κ1) is 107. The fraction of sp³-hybridized carbons (Fsp3) is 0.395. The van der Waals surface area contributed by atoms with Crippen molar-refractivity contribution >= 4 is 100 Å². The lowest BCUT2D eigenvalue weighted by molar-refractivity contribution is 0.0695. The maximum Gasteiger partial charge on any atom is 0.337 e. The molecule has 12 heterocycles. The highest BCUT2D eigenvalue weighted by Gasteiger charge is 2.30. The van der Waals surface area contributed by atoms with E-state index in [2.05, 4.69) is 207 Å². The Morgan fingerprint density at radius 3 is 1.04 bits per heavy atom. The Kier molecular flexibility index (Phi) is 41.2. The molecule has 6 saturated heterocycles. The number of nitriles is 5. The molecule has 22 nitrogen and oxygen atoms in total. The van der Waals surface area contributed by atoms with Crippen LogP contribution >= 0.6 is 47.8 Å². The summed E-state index contributed by atoms with van der Waals surface area (Å²) in [6, 6.07) is 67.8. The minimum Gasteiger partial charge on any atom is -0.478 e. The second-order valence-corrected chi connectivity index (χ2v) is 39.4. The molecule has 0 unspecified atom stereocenters. The van der Waals surface area contributed by atoms with Crippen molar-refractivity contribution in [3.05, 3.63) is 320 Å². The second-order valence-electron chi connectivity index (χ2n) is 36.9. The first-order chi connectivity index (χ1) is 67.1. The summed E-state index contributed by atoms with van der Waals surface area (Å²) in [5.74, 6) is 2.65. The van der Waals surface area contributed by atoms with Crippen molar-refractivity contribution in [1.29, 1.82) is 26.3 Å². The number of pyridine rings is 6. The Hall–Kier alpha value is -12.5. The summed E-state index contributed by atoms with van der Waals surface area (Å²) in [4.78, 5) is 63.4. The average molecular weight is 2060 g/mol. The number of hydrogen-bond acceptors (Lipinski definition) is 21. The number of aryl methyl sites for hydroxylation is 10. The number of rotatable bonds is 18. The zero-order valence-corrected chi connectivity index (χ0v) is 87.2. The van der Waals surface area contributed by atoms with Gasteiger partial charge in [-0.25, -0.2) is 9.78 Å². The fourth-order valence-electron chi connectivity index (χ4n) is 19.2. The summed E-state index contributed by atoms with van der Waals surface area (Å²) in [7, 11) is 0. The van der Waals surface area contributed by atoms with Gasteiger partial charge in [-0.2, -0.15) is 26.3 Å². The van der Waals surface area contributed by atoms with Crippen LogP contribution in [0.25, 0.3) is 6.08 Å². The summed E-state index contributed by atoms with van der Waals surface area (Å²) >= 11 is 10.4. The molecule has 139 heavy (non-hydrogen) atoms. The van der Waals surface area contributed by atoms with Crippen LogP contribution in [0.2, 0.25) is 0 Å². The number of para-hydroxylation sites is 5. The monoisotopic (exact) mass is 2050 g/mol. The van der Waals surface area contributed by atoms with Gasteiger partial charge in [-0.05, 0) is 368 Å². The number of halogens is 3. The number of anilines is 6. The number of piperidine rings is 5. The van der Waals surface area contributed by atoms with Crippen molar-refractivity contribution in [3.63, 3.8) is 0 Å². The normalized spacial score (nSPS) is 15.7. The van der Waals surface area contributed by atoms with Gasteiger partial charge in [0.15, 0.2) is 6.29 Å². The minimum absolute atomic E-state index is 0.297. The molecule has 0 spiro atoms. The van der Waals surface area contributed by atoms with Gasteiger partial charge in [-0.15, -0.1) is 0 Å². The number of carbonyl (C=O) groups excluding carboxylic acids is 1. The molecule has 0 aliphatic carbocycles. The number of aromatic nitrogens is 6. The Morgan fingerprint density at radius 1 is 0.410 bits per heavy atom. The van der Waals surface area contributed by atoms with Crippen LogP contribution in [0.5, 0.6) is 0 Å². The maximum atomic E-state index is 11.4. The SMILES string of the molecule is C=Cc1cc(CC2CCN(c3ccccc3C#N)CC2)c(C)nc1C.CC[C@@H]1CNCCN1c1ccccn1.Cc1nc(C)c(Br)cc1Br.Cc1nc(C)c(C(=O)O)cc1CC1CCN(c2ccccc2C#N)CC1.Cc1nc(C)c(CC2CCN(c3ccccc3C#N)CC2)cc1Br.Cc1nc(C)c(CC2CCN(c3ccccc3C#N)CC2)cc1C=O.N#Cc1ccccc1N1CCC(N)CC1. The molecule has 25 heteroatoms. The summed E-state index contributed by atoms with van der Waals surface area (Å²) in [6.07, 6.45) is 20.7. The topological polar surface area (TPSA) is 308 Å². The standard InChI is InChI=1S/C22H25N3.C21H23N3O2.C21H23N3O.C20H22BrN3.C12H15N3.C11H17N3.C7H7Br2N/c1-4-19-14-21(17(3)24-16(19)2)13-18-9-11-25(12-10-18)22-8-6-5-7-20(22)15-23;1-14-18(12-19(21(25)26)15(2)23-14)11-16-7-9-24(10-8-16)20-6-4-3-5-17(20)13-22;1-15-19(12-20(14-25)16(2)23-15)11-17-7-9-24(10-8-17)21-6-4-3-5-18(21)13-22;1-14-18(12-19(21)15(2)23-14)11-16-7-9-24(10-8-16)20-6-4-3-5-17(20)13-22;13-9-10-3-1-2-4-12(10)15-7-5-11(14)6-8-15;1-2-10-9-12-7-8-14(10)11-5-3-4-6-13-11;1-4-6(8)3-7(9)5(2)10-4/h4-8,14,18H,1,9-13H2,2-3H3;3-6,12,16H,7-11H2,1-2H3,(H,25,26);3-6,12,14,17H,7-11H2,1-2H3;3-6,12,16H,7-11H2,1-2H3;1-4,11H,5-8,14H2;3-6,10,12H,2,7-9H2,1H3;3H,1-2H3/t;;;;;10-;/m.....1./s1. The Labute approximate surface area is 848 Å². The molecule has 6 aromatic heterocycles. The number of benzene rings is 5. The molecule has 0 bridgehead atoms. The lowest BCUT2D eigenvalue weighted by atomic mass is 9.88. The van der Waals surface area contributed by atoms with Crippen LogP contribution in [-0.4, -0.2) is 144 Å². The van der Waals surface area contributed by atoms with E-state index in [9.17, 15) is 35.7 Å². The van der Waals surface area contributed by atoms with E-state index in [0.29, 0.717) is 52.6 Å². The van der Waals surface area contributed by atoms with Crippen molar-refractivity contribution in [3.8, 4) is 30.3 Å². The minimum atomic E-state index is -0.917. The number of aromatic carboxylic acids is 1. The number of carboxylic acid groups (broad SMARTS) is 1. The Morgan fingerprint density at radius 2 is 0.712 bits per heavy atom. The molecule has 6 aliphatic rings. The second kappa shape index (κ2) is 53.6. The van der Waals surface area contributed by atoms with E-state index in [-0.39, 0.29) is 0 Å². The molecule has 0 saturated carbocycles. The molecule has 5 aromatic carbocycles. The van der Waals surface area contributed by atoms with Crippen LogP contribution in [0, 0.1) is 150 Å². The first-order valence-corrected chi connectivity index (χ1v) is 51.0. The number of nitrogens with zero attached hydrogens (tertiary/aromatic N) is 17. The van der Waals surface area contributed by atoms with E-state index < -0.39 is 5.97 Å². The molecule has 4 N–H and O–H groups in total. The number of nitrogens with one attached hydrogen (secondary N) is 1. The van der Waals surface area contributed by atoms with Crippen LogP contribution in [0.1, 0.15) is 211 Å². The predicted molar refractivity (Wildman–Crippen MR) is 572 cm³/mol. The summed E-state index contributed by atoms with van der Waals surface area (Å²) in [5.41, 5.74) is 31.7. The summed E-state index contributed by atoms with van der Waals surface area (Å²) in [5, 5.41) is 58.9. The molecular weight excluding hydrogens is 1920 g/mol. The van der Waals surface area contributed by atoms with Crippen molar-refractivity contribution < 1.29 is 14.7 Å². The molecule has 6 fully saturated rings. The van der Waals surface area contributed by atoms with E-state index in [4.69, 9.17) is 11.0 Å². The summed E-state index contributed by atoms with van der Waals surface area (Å²) in [6.45, 7) is 38.9. The van der Waals surface area contributed by atoms with E-state index in [0.717, 1.165) is 319 Å². The van der Waals surface area contributed by atoms with Gasteiger partial charge in [-0.3, -0.25) is 29.7 Å². The first-order valence-electron chi connectivity index (χ1n) is 48.6. The largest absolute Gasteiger partial charge is 0.478 e. The number of aldehydes is 1. The highest BCUT2D eigenvalue weighted by atomic mass is 79.9. The molecule has 11 aromatic rings. The lowest BCUT2D eigenvalue weighted by Crippen LogP contribution is -2.51. The van der Waals surface area contributed by atoms with Crippen molar-refractivity contribution in [2.24, 2.45) is 29.4 Å². The molecule has 0 amide bonds. The smallest absolute Gasteiger partial charge is 0.337 e. The number of carboxylic acids is 1. The zero-order valence-electron chi connectivity index (χ0n) is 82.4. The molecule has 1 atom stereocenters. The molecule has 0 radical (unpaired) electrons. The van der Waals surface area contributed by atoms with Gasteiger partial charge in [0.25, 0.3) is 0 Å². The number of piperazine rings is 1. The predicted octanol–water partition coefficient (Wildman–Crippen LogP) is 23.0. The lowest BCUT2D eigenvalue weighted by Gasteiger charge is -2.36. The van der Waals surface area contributed by atoms with Crippen molar-refractivity contribution in [2.75, 3.05) is 114 Å². The number of carbonyl (C=O) groups is 2. The van der Waals surface area contributed by atoms with Gasteiger partial charge in [0, 0.05) is 157 Å². The quantitative estimate of drug-likeness (QED) is 0.0672. The van der Waals surface area contributed by atoms with Gasteiger partial charge >= 0.3 is 5.97 Å². The van der Waals surface area contributed by atoms with Crippen LogP contribution in [0.15, 0.2) is 196 Å². The summed E-state index contributed by atoms with van der Waals surface area (Å²) < 4.78 is 3.19. The highest BCUT2D eigenvalue weighted by molar-refractivity contribution is 9.11. The highest BCUT2D eigenvalue weighted by Crippen LogP contribution is 2.36. The Balaban J connectivity index is 0.000000158. The van der Waals surface area contributed by atoms with Gasteiger partial charge in [0.1, 0.15) is 36.2 Å². The third-order valence-corrected chi connectivity index (χ3v) is 29.9.